The lowest BCUT2D eigenvalue weighted by atomic mass is 9.88. The van der Waals surface area contributed by atoms with E-state index in [2.05, 4.69) is 45.0 Å². The van der Waals surface area contributed by atoms with Crippen LogP contribution in [0.5, 0.6) is 0 Å². The van der Waals surface area contributed by atoms with Gasteiger partial charge in [0.2, 0.25) is 0 Å². The highest BCUT2D eigenvalue weighted by Gasteiger charge is 2.22. The molecule has 1 atom stereocenters. The van der Waals surface area contributed by atoms with Gasteiger partial charge in [0, 0.05) is 24.6 Å². The van der Waals surface area contributed by atoms with Gasteiger partial charge < -0.3 is 4.57 Å². The predicted octanol–water partition coefficient (Wildman–Crippen LogP) is 3.68. The van der Waals surface area contributed by atoms with Gasteiger partial charge in [-0.3, -0.25) is 4.98 Å². The zero-order valence-corrected chi connectivity index (χ0v) is 11.8. The molecular formula is C18H17N3. The fourth-order valence-electron chi connectivity index (χ4n) is 3.22. The first-order valence-electron chi connectivity index (χ1n) is 7.43. The van der Waals surface area contributed by atoms with Crippen molar-refractivity contribution < 1.29 is 0 Å². The van der Waals surface area contributed by atoms with Crippen LogP contribution in [0.4, 0.5) is 0 Å². The molecule has 2 aromatic heterocycles. The molecule has 3 heteroatoms. The normalized spacial score (nSPS) is 17.4. The summed E-state index contributed by atoms with van der Waals surface area (Å²) in [7, 11) is 0. The number of rotatable bonds is 2. The minimum absolute atomic E-state index is 0.472. The molecule has 0 N–H and O–H groups in total. The Kier molecular flexibility index (Phi) is 3.03. The van der Waals surface area contributed by atoms with Crippen LogP contribution in [0, 0.1) is 0 Å². The highest BCUT2D eigenvalue weighted by Crippen LogP contribution is 2.31. The molecular weight excluding hydrogens is 258 g/mol. The van der Waals surface area contributed by atoms with Crippen molar-refractivity contribution in [3.63, 3.8) is 0 Å². The van der Waals surface area contributed by atoms with Crippen LogP contribution in [0.15, 0.2) is 61.1 Å². The Morgan fingerprint density at radius 2 is 1.76 bits per heavy atom. The van der Waals surface area contributed by atoms with Gasteiger partial charge in [-0.2, -0.15) is 0 Å². The monoisotopic (exact) mass is 275 g/mol. The number of benzene rings is 1. The Morgan fingerprint density at radius 3 is 2.62 bits per heavy atom. The second-order valence-corrected chi connectivity index (χ2v) is 5.54. The minimum atomic E-state index is 0.472. The Morgan fingerprint density at radius 1 is 0.905 bits per heavy atom. The summed E-state index contributed by atoms with van der Waals surface area (Å²) in [5.41, 5.74) is 3.91. The molecule has 0 saturated heterocycles. The summed E-state index contributed by atoms with van der Waals surface area (Å²) < 4.78 is 2.29. The number of fused-ring (bicyclic) bond motifs is 1. The van der Waals surface area contributed by atoms with Crippen LogP contribution < -0.4 is 0 Å². The summed E-state index contributed by atoms with van der Waals surface area (Å²) in [6, 6.07) is 15.2. The van der Waals surface area contributed by atoms with Crippen molar-refractivity contribution >= 4 is 0 Å². The molecule has 1 unspecified atom stereocenters. The first kappa shape index (κ1) is 12.3. The van der Waals surface area contributed by atoms with E-state index in [9.17, 15) is 0 Å². The van der Waals surface area contributed by atoms with Gasteiger partial charge in [0.1, 0.15) is 5.69 Å². The Labute approximate surface area is 124 Å². The molecule has 1 aromatic carbocycles. The molecule has 0 saturated carbocycles. The molecule has 3 aromatic rings. The maximum absolute atomic E-state index is 4.52. The first-order chi connectivity index (χ1) is 10.4. The number of nitrogens with zero attached hydrogens (tertiary/aromatic N) is 3. The van der Waals surface area contributed by atoms with Crippen molar-refractivity contribution in [2.45, 2.75) is 25.3 Å². The van der Waals surface area contributed by atoms with Gasteiger partial charge in [-0.05, 0) is 42.5 Å². The lowest BCUT2D eigenvalue weighted by molar-refractivity contribution is 0.446. The van der Waals surface area contributed by atoms with Gasteiger partial charge in [0.15, 0.2) is 5.82 Å². The van der Waals surface area contributed by atoms with E-state index in [0.717, 1.165) is 30.8 Å². The van der Waals surface area contributed by atoms with E-state index in [4.69, 9.17) is 0 Å². The van der Waals surface area contributed by atoms with Gasteiger partial charge in [0.05, 0.1) is 0 Å². The van der Waals surface area contributed by atoms with Crippen molar-refractivity contribution in [3.8, 4) is 11.5 Å². The van der Waals surface area contributed by atoms with Crippen molar-refractivity contribution in [2.75, 3.05) is 0 Å². The van der Waals surface area contributed by atoms with E-state index in [-0.39, 0.29) is 0 Å². The van der Waals surface area contributed by atoms with E-state index in [1.165, 1.54) is 11.1 Å². The fourth-order valence-corrected chi connectivity index (χ4v) is 3.22. The highest BCUT2D eigenvalue weighted by molar-refractivity contribution is 5.49. The number of hydrogen-bond acceptors (Lipinski definition) is 2. The Balaban J connectivity index is 1.69. The maximum atomic E-state index is 4.52. The average molecular weight is 275 g/mol. The summed E-state index contributed by atoms with van der Waals surface area (Å²) in [5, 5.41) is 0. The number of hydrogen-bond donors (Lipinski definition) is 0. The molecule has 21 heavy (non-hydrogen) atoms. The summed E-state index contributed by atoms with van der Waals surface area (Å²) in [4.78, 5) is 8.96. The van der Waals surface area contributed by atoms with Crippen LogP contribution in [-0.4, -0.2) is 14.5 Å². The SMILES string of the molecule is c1ccc(-c2nccn2C2CCc3ccccc3C2)nc1. The zero-order chi connectivity index (χ0) is 14.1. The van der Waals surface area contributed by atoms with E-state index < -0.39 is 0 Å². The minimum Gasteiger partial charge on any atom is -0.326 e. The predicted molar refractivity (Wildman–Crippen MR) is 83.0 cm³/mol. The molecule has 0 fully saturated rings. The number of aryl methyl sites for hydroxylation is 1. The van der Waals surface area contributed by atoms with Crippen LogP contribution in [0.25, 0.3) is 11.5 Å². The molecule has 0 aliphatic heterocycles. The van der Waals surface area contributed by atoms with Crippen LogP contribution >= 0.6 is 0 Å². The van der Waals surface area contributed by atoms with Gasteiger partial charge in [-0.25, -0.2) is 4.98 Å². The summed E-state index contributed by atoms with van der Waals surface area (Å²) in [6.45, 7) is 0. The lowest BCUT2D eigenvalue weighted by Crippen LogP contribution is -2.19. The lowest BCUT2D eigenvalue weighted by Gasteiger charge is -2.26. The van der Waals surface area contributed by atoms with Crippen LogP contribution in [-0.2, 0) is 12.8 Å². The molecule has 4 rings (SSSR count). The zero-order valence-electron chi connectivity index (χ0n) is 11.8. The maximum Gasteiger partial charge on any atom is 0.158 e. The van der Waals surface area contributed by atoms with E-state index in [1.807, 2.05) is 30.6 Å². The van der Waals surface area contributed by atoms with Crippen molar-refractivity contribution in [1.29, 1.82) is 0 Å². The third kappa shape index (κ3) is 2.25. The Bertz CT molecular complexity index is 746. The number of pyridine rings is 1. The van der Waals surface area contributed by atoms with E-state index >= 15 is 0 Å². The smallest absolute Gasteiger partial charge is 0.158 e. The molecule has 3 nitrogen and oxygen atoms in total. The fraction of sp³-hybridized carbons (Fsp3) is 0.222. The second kappa shape index (κ2) is 5.17. The molecule has 0 bridgehead atoms. The molecule has 1 aliphatic rings. The molecule has 104 valence electrons. The van der Waals surface area contributed by atoms with E-state index in [0.29, 0.717) is 6.04 Å². The average Bonchev–Trinajstić information content (AvgIpc) is 3.05. The molecule has 0 radical (unpaired) electrons. The molecule has 1 aliphatic carbocycles. The van der Waals surface area contributed by atoms with Crippen LogP contribution in [0.2, 0.25) is 0 Å². The van der Waals surface area contributed by atoms with Gasteiger partial charge in [-0.15, -0.1) is 0 Å². The van der Waals surface area contributed by atoms with Crippen LogP contribution in [0.3, 0.4) is 0 Å². The summed E-state index contributed by atoms with van der Waals surface area (Å²) >= 11 is 0. The van der Waals surface area contributed by atoms with E-state index in [1.54, 1.807) is 0 Å². The Hall–Kier alpha value is -2.42. The second-order valence-electron chi connectivity index (χ2n) is 5.54. The van der Waals surface area contributed by atoms with Gasteiger partial charge >= 0.3 is 0 Å². The van der Waals surface area contributed by atoms with Gasteiger partial charge in [0.25, 0.3) is 0 Å². The van der Waals surface area contributed by atoms with Crippen molar-refractivity contribution in [3.05, 3.63) is 72.2 Å². The topological polar surface area (TPSA) is 30.7 Å². The van der Waals surface area contributed by atoms with Gasteiger partial charge in [-0.1, -0.05) is 30.3 Å². The largest absolute Gasteiger partial charge is 0.326 e. The van der Waals surface area contributed by atoms with Crippen molar-refractivity contribution in [2.24, 2.45) is 0 Å². The highest BCUT2D eigenvalue weighted by atomic mass is 15.1. The summed E-state index contributed by atoms with van der Waals surface area (Å²) in [5.74, 6) is 0.972. The quantitative estimate of drug-likeness (QED) is 0.714. The standard InChI is InChI=1S/C18H17N3/c1-2-6-15-13-16(9-8-14(15)5-1)21-12-11-20-18(21)17-7-3-4-10-19-17/h1-7,10-12,16H,8-9,13H2. The van der Waals surface area contributed by atoms with Crippen molar-refractivity contribution in [1.82, 2.24) is 14.5 Å². The third-order valence-electron chi connectivity index (χ3n) is 4.28. The third-order valence-corrected chi connectivity index (χ3v) is 4.28. The first-order valence-corrected chi connectivity index (χ1v) is 7.43. The molecule has 0 amide bonds. The van der Waals surface area contributed by atoms with Crippen LogP contribution in [0.1, 0.15) is 23.6 Å². The molecule has 2 heterocycles. The molecule has 0 spiro atoms. The number of imidazole rings is 1. The summed E-state index contributed by atoms with van der Waals surface area (Å²) in [6.07, 6.45) is 9.16. The number of aromatic nitrogens is 3.